The van der Waals surface area contributed by atoms with Gasteiger partial charge in [0.15, 0.2) is 0 Å². The number of rotatable bonds is 3. The molecular formula is C24H25NOS. The van der Waals surface area contributed by atoms with Crippen LogP contribution in [0.1, 0.15) is 47.8 Å². The first-order valence-corrected chi connectivity index (χ1v) is 10.3. The van der Waals surface area contributed by atoms with Crippen molar-refractivity contribution in [2.45, 2.75) is 40.0 Å². The Labute approximate surface area is 165 Å². The molecule has 2 aromatic carbocycles. The van der Waals surface area contributed by atoms with E-state index in [1.807, 2.05) is 6.07 Å². The Morgan fingerprint density at radius 2 is 1.89 bits per heavy atom. The molecule has 138 valence electrons. The number of phenols is 1. The summed E-state index contributed by atoms with van der Waals surface area (Å²) < 4.78 is 0. The maximum absolute atomic E-state index is 10.7. The van der Waals surface area contributed by atoms with Crippen LogP contribution in [0, 0.1) is 13.8 Å². The lowest BCUT2D eigenvalue weighted by atomic mass is 9.85. The highest BCUT2D eigenvalue weighted by molar-refractivity contribution is 7.11. The lowest BCUT2D eigenvalue weighted by Gasteiger charge is -2.27. The smallest absolute Gasteiger partial charge is 0.119 e. The fourth-order valence-corrected chi connectivity index (χ4v) is 4.90. The molecule has 0 fully saturated rings. The first-order chi connectivity index (χ1) is 12.9. The van der Waals surface area contributed by atoms with E-state index in [1.165, 1.54) is 32.7 Å². The third kappa shape index (κ3) is 2.78. The van der Waals surface area contributed by atoms with Crippen molar-refractivity contribution in [1.29, 1.82) is 0 Å². The normalized spacial score (nSPS) is 13.7. The highest BCUT2D eigenvalue weighted by Gasteiger charge is 2.26. The van der Waals surface area contributed by atoms with Crippen LogP contribution in [-0.2, 0) is 0 Å². The molecule has 2 heterocycles. The van der Waals surface area contributed by atoms with E-state index < -0.39 is 0 Å². The molecule has 3 heteroatoms. The van der Waals surface area contributed by atoms with Gasteiger partial charge in [-0.05, 0) is 71.5 Å². The van der Waals surface area contributed by atoms with Crippen LogP contribution in [-0.4, -0.2) is 5.11 Å². The summed E-state index contributed by atoms with van der Waals surface area (Å²) in [7, 11) is 0. The molecule has 1 aromatic heterocycles. The van der Waals surface area contributed by atoms with Crippen LogP contribution in [0.4, 0.5) is 5.69 Å². The first kappa shape index (κ1) is 17.9. The van der Waals surface area contributed by atoms with E-state index >= 15 is 0 Å². The summed E-state index contributed by atoms with van der Waals surface area (Å²) >= 11 is 1.71. The molecule has 0 bridgehead atoms. The predicted octanol–water partition coefficient (Wildman–Crippen LogP) is 7.31. The van der Waals surface area contributed by atoms with Crippen LogP contribution in [0.5, 0.6) is 5.75 Å². The predicted molar refractivity (Wildman–Crippen MR) is 118 cm³/mol. The summed E-state index contributed by atoms with van der Waals surface area (Å²) in [6.45, 7) is 12.8. The fourth-order valence-electron chi connectivity index (χ4n) is 4.07. The average Bonchev–Trinajstić information content (AvgIpc) is 3.13. The standard InChI is InChI=1S/C24H25NOS/c1-6-13(2)18-8-7-17(12-20(18)26)21-14(3)11-15(4)23-22(21)19-9-10-27-24(19)16(5)25-23/h7-13,25-26H,5-6H2,1-4H3. The zero-order valence-corrected chi connectivity index (χ0v) is 17.1. The zero-order chi connectivity index (χ0) is 19.3. The number of nitrogens with one attached hydrogen (secondary N) is 1. The number of fused-ring (bicyclic) bond motifs is 3. The quantitative estimate of drug-likeness (QED) is 0.503. The van der Waals surface area contributed by atoms with Crippen molar-refractivity contribution in [1.82, 2.24) is 0 Å². The monoisotopic (exact) mass is 375 g/mol. The second kappa shape index (κ2) is 6.58. The third-order valence-corrected chi connectivity index (χ3v) is 6.64. The Bertz CT molecular complexity index is 1060. The molecule has 0 saturated carbocycles. The van der Waals surface area contributed by atoms with Gasteiger partial charge >= 0.3 is 0 Å². The van der Waals surface area contributed by atoms with Gasteiger partial charge in [0.1, 0.15) is 5.75 Å². The first-order valence-electron chi connectivity index (χ1n) is 9.44. The molecule has 0 aliphatic carbocycles. The second-order valence-electron chi connectivity index (χ2n) is 7.49. The minimum Gasteiger partial charge on any atom is -0.508 e. The molecule has 1 aliphatic rings. The number of aryl methyl sites for hydroxylation is 2. The molecule has 4 rings (SSSR count). The van der Waals surface area contributed by atoms with Crippen molar-refractivity contribution in [3.63, 3.8) is 0 Å². The zero-order valence-electron chi connectivity index (χ0n) is 16.3. The Morgan fingerprint density at radius 1 is 1.11 bits per heavy atom. The number of anilines is 1. The summed E-state index contributed by atoms with van der Waals surface area (Å²) in [5, 5.41) is 16.3. The van der Waals surface area contributed by atoms with Crippen LogP contribution < -0.4 is 5.32 Å². The number of hydrogen-bond donors (Lipinski definition) is 2. The van der Waals surface area contributed by atoms with Gasteiger partial charge in [0, 0.05) is 16.8 Å². The van der Waals surface area contributed by atoms with E-state index in [1.54, 1.807) is 11.3 Å². The van der Waals surface area contributed by atoms with Crippen LogP contribution >= 0.6 is 11.3 Å². The van der Waals surface area contributed by atoms with Gasteiger partial charge < -0.3 is 10.4 Å². The van der Waals surface area contributed by atoms with Crippen molar-refractivity contribution >= 4 is 22.7 Å². The topological polar surface area (TPSA) is 32.3 Å². The van der Waals surface area contributed by atoms with Gasteiger partial charge in [-0.25, -0.2) is 0 Å². The summed E-state index contributed by atoms with van der Waals surface area (Å²) in [5.74, 6) is 0.731. The molecule has 2 nitrogen and oxygen atoms in total. The summed E-state index contributed by atoms with van der Waals surface area (Å²) in [6, 6.07) is 10.5. The van der Waals surface area contributed by atoms with Gasteiger partial charge in [-0.15, -0.1) is 11.3 Å². The maximum Gasteiger partial charge on any atom is 0.119 e. The molecule has 1 atom stereocenters. The number of aromatic hydroxyl groups is 1. The lowest BCUT2D eigenvalue weighted by Crippen LogP contribution is -2.08. The van der Waals surface area contributed by atoms with E-state index in [0.717, 1.165) is 28.9 Å². The Balaban J connectivity index is 1.98. The molecule has 0 radical (unpaired) electrons. The minimum absolute atomic E-state index is 0.348. The minimum atomic E-state index is 0.348. The lowest BCUT2D eigenvalue weighted by molar-refractivity contribution is 0.462. The third-order valence-electron chi connectivity index (χ3n) is 5.67. The number of hydrogen-bond acceptors (Lipinski definition) is 3. The van der Waals surface area contributed by atoms with Gasteiger partial charge in [-0.2, -0.15) is 0 Å². The second-order valence-corrected chi connectivity index (χ2v) is 8.40. The van der Waals surface area contributed by atoms with E-state index in [2.05, 4.69) is 69.2 Å². The Morgan fingerprint density at radius 3 is 2.59 bits per heavy atom. The van der Waals surface area contributed by atoms with Gasteiger partial charge in [0.05, 0.1) is 10.6 Å². The number of thiophene rings is 1. The number of benzene rings is 2. The maximum atomic E-state index is 10.7. The summed E-state index contributed by atoms with van der Waals surface area (Å²) in [4.78, 5) is 1.19. The van der Waals surface area contributed by atoms with Crippen molar-refractivity contribution in [2.24, 2.45) is 0 Å². The highest BCUT2D eigenvalue weighted by atomic mass is 32.1. The van der Waals surface area contributed by atoms with E-state index in [4.69, 9.17) is 0 Å². The molecule has 1 unspecified atom stereocenters. The Kier molecular flexibility index (Phi) is 4.35. The van der Waals surface area contributed by atoms with Crippen molar-refractivity contribution in [3.05, 3.63) is 63.9 Å². The van der Waals surface area contributed by atoms with Gasteiger partial charge in [0.2, 0.25) is 0 Å². The highest BCUT2D eigenvalue weighted by Crippen LogP contribution is 2.50. The molecular weight excluding hydrogens is 350 g/mol. The SMILES string of the molecule is C=C1Nc2c(C)cc(C)c(-c3ccc(C(C)CC)c(O)c3)c2-c2ccsc21. The van der Waals surface area contributed by atoms with E-state index in [-0.39, 0.29) is 0 Å². The van der Waals surface area contributed by atoms with Crippen molar-refractivity contribution in [3.8, 4) is 28.0 Å². The van der Waals surface area contributed by atoms with Crippen LogP contribution in [0.25, 0.3) is 28.0 Å². The molecule has 2 N–H and O–H groups in total. The van der Waals surface area contributed by atoms with E-state index in [0.29, 0.717) is 11.7 Å². The summed E-state index contributed by atoms with van der Waals surface area (Å²) in [5.41, 5.74) is 10.2. The largest absolute Gasteiger partial charge is 0.508 e. The van der Waals surface area contributed by atoms with Crippen molar-refractivity contribution < 1.29 is 5.11 Å². The van der Waals surface area contributed by atoms with Gasteiger partial charge in [0.25, 0.3) is 0 Å². The van der Waals surface area contributed by atoms with Crippen molar-refractivity contribution in [2.75, 3.05) is 5.32 Å². The molecule has 27 heavy (non-hydrogen) atoms. The van der Waals surface area contributed by atoms with Crippen LogP contribution in [0.15, 0.2) is 42.3 Å². The fraction of sp³-hybridized carbons (Fsp3) is 0.250. The molecule has 3 aromatic rings. The molecule has 0 spiro atoms. The van der Waals surface area contributed by atoms with Gasteiger partial charge in [-0.3, -0.25) is 0 Å². The van der Waals surface area contributed by atoms with Crippen LogP contribution in [0.3, 0.4) is 0 Å². The van der Waals surface area contributed by atoms with E-state index in [9.17, 15) is 5.11 Å². The number of phenolic OH excluding ortho intramolecular Hbond substituents is 1. The van der Waals surface area contributed by atoms with Crippen LogP contribution in [0.2, 0.25) is 0 Å². The van der Waals surface area contributed by atoms with Gasteiger partial charge in [-0.1, -0.05) is 38.6 Å². The Hall–Kier alpha value is -2.52. The average molecular weight is 376 g/mol. The molecule has 1 aliphatic heterocycles. The summed E-state index contributed by atoms with van der Waals surface area (Å²) in [6.07, 6.45) is 1.01. The molecule has 0 saturated heterocycles. The molecule has 0 amide bonds.